The number of esters is 1. The maximum absolute atomic E-state index is 13.2. The van der Waals surface area contributed by atoms with E-state index in [0.29, 0.717) is 53.3 Å². The predicted molar refractivity (Wildman–Crippen MR) is 126 cm³/mol. The molecule has 32 heavy (non-hydrogen) atoms. The Morgan fingerprint density at radius 1 is 1.12 bits per heavy atom. The summed E-state index contributed by atoms with van der Waals surface area (Å²) in [7, 11) is 1.74. The molecule has 170 valence electrons. The molecule has 0 unspecified atom stereocenters. The summed E-state index contributed by atoms with van der Waals surface area (Å²) in [5, 5.41) is 0. The van der Waals surface area contributed by atoms with Gasteiger partial charge in [-0.25, -0.2) is 4.79 Å². The van der Waals surface area contributed by atoms with Gasteiger partial charge < -0.3 is 19.9 Å². The molecule has 0 radical (unpaired) electrons. The highest BCUT2D eigenvalue weighted by Crippen LogP contribution is 2.44. The van der Waals surface area contributed by atoms with E-state index in [1.165, 1.54) is 0 Å². The number of aromatic nitrogens is 1. The number of fused-ring (bicyclic) bond motifs is 3. The van der Waals surface area contributed by atoms with Crippen molar-refractivity contribution in [3.05, 3.63) is 39.0 Å². The SMILES string of the molecule is CCOC(=O)c1c2c(n(C)c1N1CCN(CCN)CC1)C(=O)C(=O)c1c(C)cc(Br)cc1-2. The van der Waals surface area contributed by atoms with Crippen molar-refractivity contribution in [2.24, 2.45) is 12.8 Å². The molecular formula is C23H27BrN4O4. The Bertz CT molecular complexity index is 1120. The van der Waals surface area contributed by atoms with Crippen molar-refractivity contribution in [2.45, 2.75) is 13.8 Å². The van der Waals surface area contributed by atoms with Crippen LogP contribution in [-0.4, -0.2) is 72.9 Å². The molecule has 4 rings (SSSR count). The number of ether oxygens (including phenoxy) is 1. The third-order valence-electron chi connectivity index (χ3n) is 6.18. The van der Waals surface area contributed by atoms with Crippen LogP contribution in [0.5, 0.6) is 0 Å². The van der Waals surface area contributed by atoms with E-state index in [9.17, 15) is 14.4 Å². The Kier molecular flexibility index (Phi) is 6.24. The minimum absolute atomic E-state index is 0.212. The Morgan fingerprint density at radius 3 is 2.44 bits per heavy atom. The number of aryl methyl sites for hydroxylation is 1. The molecule has 2 N–H and O–H groups in total. The van der Waals surface area contributed by atoms with Crippen molar-refractivity contribution in [3.63, 3.8) is 0 Å². The van der Waals surface area contributed by atoms with Gasteiger partial charge in [0.2, 0.25) is 5.78 Å². The highest BCUT2D eigenvalue weighted by Gasteiger charge is 2.41. The molecule has 0 amide bonds. The van der Waals surface area contributed by atoms with Gasteiger partial charge >= 0.3 is 5.97 Å². The lowest BCUT2D eigenvalue weighted by atomic mass is 9.83. The van der Waals surface area contributed by atoms with Crippen LogP contribution in [0.4, 0.5) is 5.82 Å². The molecular weight excluding hydrogens is 476 g/mol. The number of Topliss-reactive ketones (excluding diaryl/α,β-unsaturated/α-hetero) is 2. The average Bonchev–Trinajstić information content (AvgIpc) is 3.06. The number of anilines is 1. The number of carbonyl (C=O) groups excluding carboxylic acids is 3. The van der Waals surface area contributed by atoms with E-state index in [-0.39, 0.29) is 12.3 Å². The molecule has 1 aromatic carbocycles. The van der Waals surface area contributed by atoms with Gasteiger partial charge in [0.25, 0.3) is 5.78 Å². The predicted octanol–water partition coefficient (Wildman–Crippen LogP) is 2.40. The van der Waals surface area contributed by atoms with Crippen molar-refractivity contribution in [3.8, 4) is 11.1 Å². The summed E-state index contributed by atoms with van der Waals surface area (Å²) in [5.41, 5.74) is 8.38. The van der Waals surface area contributed by atoms with Crippen LogP contribution in [0.1, 0.15) is 43.7 Å². The van der Waals surface area contributed by atoms with Gasteiger partial charge in [-0.15, -0.1) is 0 Å². The zero-order chi connectivity index (χ0) is 23.2. The summed E-state index contributed by atoms with van der Waals surface area (Å²) >= 11 is 3.50. The van der Waals surface area contributed by atoms with Crippen LogP contribution in [0.15, 0.2) is 16.6 Å². The normalized spacial score (nSPS) is 16.2. The molecule has 2 aliphatic rings. The third-order valence-corrected chi connectivity index (χ3v) is 6.64. The second-order valence-electron chi connectivity index (χ2n) is 8.12. The third kappa shape index (κ3) is 3.58. The van der Waals surface area contributed by atoms with Gasteiger partial charge in [-0.2, -0.15) is 0 Å². The van der Waals surface area contributed by atoms with E-state index in [1.807, 2.05) is 0 Å². The number of benzene rings is 1. The van der Waals surface area contributed by atoms with Crippen molar-refractivity contribution < 1.29 is 19.1 Å². The number of nitrogens with two attached hydrogens (primary N) is 1. The topological polar surface area (TPSA) is 97.9 Å². The van der Waals surface area contributed by atoms with Crippen molar-refractivity contribution >= 4 is 39.3 Å². The molecule has 1 saturated heterocycles. The molecule has 2 heterocycles. The molecule has 1 aliphatic carbocycles. The lowest BCUT2D eigenvalue weighted by Gasteiger charge is -2.36. The number of hydrogen-bond donors (Lipinski definition) is 1. The lowest BCUT2D eigenvalue weighted by Crippen LogP contribution is -2.48. The first-order valence-electron chi connectivity index (χ1n) is 10.8. The van der Waals surface area contributed by atoms with Gasteiger partial charge in [0, 0.05) is 61.9 Å². The Morgan fingerprint density at radius 2 is 1.81 bits per heavy atom. The van der Waals surface area contributed by atoms with E-state index >= 15 is 0 Å². The molecule has 0 atom stereocenters. The summed E-state index contributed by atoms with van der Waals surface area (Å²) < 4.78 is 7.89. The fourth-order valence-electron chi connectivity index (χ4n) is 4.80. The summed E-state index contributed by atoms with van der Waals surface area (Å²) in [4.78, 5) is 43.9. The summed E-state index contributed by atoms with van der Waals surface area (Å²) in [5.74, 6) is -1.02. The maximum atomic E-state index is 13.2. The molecule has 0 bridgehead atoms. The lowest BCUT2D eigenvalue weighted by molar-refractivity contribution is 0.0527. The van der Waals surface area contributed by atoms with E-state index < -0.39 is 17.5 Å². The zero-order valence-corrected chi connectivity index (χ0v) is 20.1. The monoisotopic (exact) mass is 502 g/mol. The second kappa shape index (κ2) is 8.80. The first-order valence-corrected chi connectivity index (χ1v) is 11.6. The molecule has 0 saturated carbocycles. The van der Waals surface area contributed by atoms with Crippen LogP contribution in [-0.2, 0) is 11.8 Å². The first-order chi connectivity index (χ1) is 15.3. The van der Waals surface area contributed by atoms with E-state index in [1.54, 1.807) is 37.6 Å². The second-order valence-corrected chi connectivity index (χ2v) is 9.04. The number of nitrogens with zero attached hydrogens (tertiary/aromatic N) is 3. The van der Waals surface area contributed by atoms with Gasteiger partial charge in [-0.3, -0.25) is 14.5 Å². The van der Waals surface area contributed by atoms with Crippen LogP contribution in [0.3, 0.4) is 0 Å². The van der Waals surface area contributed by atoms with Crippen molar-refractivity contribution in [2.75, 3.05) is 50.8 Å². The highest BCUT2D eigenvalue weighted by molar-refractivity contribution is 9.10. The molecule has 1 aromatic heterocycles. The van der Waals surface area contributed by atoms with Gasteiger partial charge in [-0.05, 0) is 37.1 Å². The fourth-order valence-corrected chi connectivity index (χ4v) is 5.37. The first kappa shape index (κ1) is 22.7. The molecule has 8 nitrogen and oxygen atoms in total. The van der Waals surface area contributed by atoms with Crippen LogP contribution in [0.25, 0.3) is 11.1 Å². The molecule has 1 fully saturated rings. The van der Waals surface area contributed by atoms with Crippen molar-refractivity contribution in [1.82, 2.24) is 9.47 Å². The van der Waals surface area contributed by atoms with Gasteiger partial charge in [0.15, 0.2) is 0 Å². The highest BCUT2D eigenvalue weighted by atomic mass is 79.9. The summed E-state index contributed by atoms with van der Waals surface area (Å²) in [6, 6.07) is 3.61. The van der Waals surface area contributed by atoms with Gasteiger partial charge in [0.05, 0.1) is 6.61 Å². The molecule has 0 spiro atoms. The van der Waals surface area contributed by atoms with E-state index in [0.717, 1.165) is 24.1 Å². The number of ketones is 2. The fraction of sp³-hybridized carbons (Fsp3) is 0.435. The summed E-state index contributed by atoms with van der Waals surface area (Å²) in [6.07, 6.45) is 0. The Labute approximate surface area is 195 Å². The molecule has 9 heteroatoms. The summed E-state index contributed by atoms with van der Waals surface area (Å²) in [6.45, 7) is 8.11. The number of carbonyl (C=O) groups is 3. The van der Waals surface area contributed by atoms with Crippen LogP contribution in [0.2, 0.25) is 0 Å². The minimum atomic E-state index is -0.598. The van der Waals surface area contributed by atoms with Crippen LogP contribution >= 0.6 is 15.9 Å². The quantitative estimate of drug-likeness (QED) is 0.495. The number of rotatable bonds is 5. The van der Waals surface area contributed by atoms with Gasteiger partial charge in [0.1, 0.15) is 17.1 Å². The molecule has 1 aliphatic heterocycles. The molecule has 2 aromatic rings. The largest absolute Gasteiger partial charge is 0.462 e. The van der Waals surface area contributed by atoms with Crippen molar-refractivity contribution in [1.29, 1.82) is 0 Å². The number of halogens is 1. The van der Waals surface area contributed by atoms with Crippen LogP contribution < -0.4 is 10.6 Å². The maximum Gasteiger partial charge on any atom is 0.342 e. The van der Waals surface area contributed by atoms with E-state index in [4.69, 9.17) is 10.5 Å². The standard InChI is InChI=1S/C23H27BrN4O4/c1-4-32-23(31)18-17-15-12-14(24)11-13(2)16(15)20(29)21(30)19(17)26(3)22(18)28-9-7-27(6-5-25)8-10-28/h11-12H,4-10,25H2,1-3H3. The Balaban J connectivity index is 1.94. The van der Waals surface area contributed by atoms with Crippen LogP contribution in [0, 0.1) is 6.92 Å². The Hall–Kier alpha value is -2.49. The smallest absolute Gasteiger partial charge is 0.342 e. The zero-order valence-electron chi connectivity index (χ0n) is 18.5. The van der Waals surface area contributed by atoms with Gasteiger partial charge in [-0.1, -0.05) is 15.9 Å². The van der Waals surface area contributed by atoms with E-state index in [2.05, 4.69) is 25.7 Å². The minimum Gasteiger partial charge on any atom is -0.462 e. The number of hydrogen-bond acceptors (Lipinski definition) is 7. The number of piperazine rings is 1. The average molecular weight is 503 g/mol.